The second kappa shape index (κ2) is 4.81. The highest BCUT2D eigenvalue weighted by Gasteiger charge is 2.31. The standard InChI is InChI=1S/C12H24N2O/c1-10-7-12(4-5-13(10)2)14-6-3-11(8-14)9-15/h10-12,15H,3-9H2,1-2H3. The fourth-order valence-corrected chi connectivity index (χ4v) is 2.94. The van der Waals surface area contributed by atoms with Gasteiger partial charge in [0.15, 0.2) is 0 Å². The molecule has 2 rings (SSSR count). The first-order chi connectivity index (χ1) is 7.20. The molecule has 2 aliphatic heterocycles. The van der Waals surface area contributed by atoms with Gasteiger partial charge in [-0.05, 0) is 52.2 Å². The highest BCUT2D eigenvalue weighted by atomic mass is 16.3. The van der Waals surface area contributed by atoms with Crippen LogP contribution in [0.15, 0.2) is 0 Å². The van der Waals surface area contributed by atoms with Crippen LogP contribution in [0.2, 0.25) is 0 Å². The first-order valence-corrected chi connectivity index (χ1v) is 6.26. The van der Waals surface area contributed by atoms with Crippen LogP contribution in [0.1, 0.15) is 26.2 Å². The van der Waals surface area contributed by atoms with Crippen LogP contribution in [-0.4, -0.2) is 60.3 Å². The van der Waals surface area contributed by atoms with Crippen molar-refractivity contribution in [1.29, 1.82) is 0 Å². The van der Waals surface area contributed by atoms with Crippen LogP contribution in [0.4, 0.5) is 0 Å². The van der Waals surface area contributed by atoms with Crippen molar-refractivity contribution in [3.8, 4) is 0 Å². The zero-order valence-electron chi connectivity index (χ0n) is 10.0. The van der Waals surface area contributed by atoms with Crippen LogP contribution >= 0.6 is 0 Å². The summed E-state index contributed by atoms with van der Waals surface area (Å²) in [5.41, 5.74) is 0. The predicted octanol–water partition coefficient (Wildman–Crippen LogP) is 0.783. The molecule has 0 aliphatic carbocycles. The molecule has 3 nitrogen and oxygen atoms in total. The lowest BCUT2D eigenvalue weighted by Crippen LogP contribution is -2.46. The van der Waals surface area contributed by atoms with E-state index in [-0.39, 0.29) is 0 Å². The summed E-state index contributed by atoms with van der Waals surface area (Å²) in [7, 11) is 2.22. The van der Waals surface area contributed by atoms with Crippen LogP contribution < -0.4 is 0 Å². The van der Waals surface area contributed by atoms with E-state index < -0.39 is 0 Å². The summed E-state index contributed by atoms with van der Waals surface area (Å²) >= 11 is 0. The Kier molecular flexibility index (Phi) is 3.65. The van der Waals surface area contributed by atoms with Gasteiger partial charge < -0.3 is 10.0 Å². The van der Waals surface area contributed by atoms with Gasteiger partial charge in [0, 0.05) is 25.2 Å². The maximum absolute atomic E-state index is 9.14. The van der Waals surface area contributed by atoms with Gasteiger partial charge in [0.1, 0.15) is 0 Å². The quantitative estimate of drug-likeness (QED) is 0.733. The summed E-state index contributed by atoms with van der Waals surface area (Å²) in [6.45, 7) is 6.25. The van der Waals surface area contributed by atoms with Crippen LogP contribution in [0.25, 0.3) is 0 Å². The molecule has 2 saturated heterocycles. The maximum atomic E-state index is 9.14. The van der Waals surface area contributed by atoms with E-state index in [1.54, 1.807) is 0 Å². The molecule has 1 N–H and O–H groups in total. The molecule has 2 heterocycles. The van der Waals surface area contributed by atoms with E-state index in [9.17, 15) is 0 Å². The first-order valence-electron chi connectivity index (χ1n) is 6.26. The van der Waals surface area contributed by atoms with Gasteiger partial charge in [0.05, 0.1) is 0 Å². The van der Waals surface area contributed by atoms with Crippen LogP contribution in [0, 0.1) is 5.92 Å². The molecule has 3 unspecified atom stereocenters. The number of rotatable bonds is 2. The fraction of sp³-hybridized carbons (Fsp3) is 1.00. The molecule has 0 amide bonds. The molecule has 0 radical (unpaired) electrons. The normalized spacial score (nSPS) is 39.8. The van der Waals surface area contributed by atoms with Gasteiger partial charge in [-0.3, -0.25) is 4.90 Å². The molecule has 15 heavy (non-hydrogen) atoms. The molecule has 2 aliphatic rings. The molecule has 0 aromatic heterocycles. The van der Waals surface area contributed by atoms with E-state index in [4.69, 9.17) is 5.11 Å². The number of piperidine rings is 1. The molecule has 88 valence electrons. The van der Waals surface area contributed by atoms with Crippen molar-refractivity contribution < 1.29 is 5.11 Å². The number of likely N-dealkylation sites (tertiary alicyclic amines) is 2. The van der Waals surface area contributed by atoms with E-state index in [0.717, 1.165) is 18.6 Å². The van der Waals surface area contributed by atoms with Gasteiger partial charge in [-0.15, -0.1) is 0 Å². The maximum Gasteiger partial charge on any atom is 0.0471 e. The molecule has 2 fully saturated rings. The topological polar surface area (TPSA) is 26.7 Å². The lowest BCUT2D eigenvalue weighted by Gasteiger charge is -2.39. The Morgan fingerprint density at radius 2 is 2.07 bits per heavy atom. The second-order valence-corrected chi connectivity index (χ2v) is 5.34. The van der Waals surface area contributed by atoms with Crippen molar-refractivity contribution in [3.05, 3.63) is 0 Å². The average molecular weight is 212 g/mol. The molecular formula is C12H24N2O. The zero-order valence-corrected chi connectivity index (χ0v) is 10.0. The Bertz CT molecular complexity index is 210. The molecule has 0 bridgehead atoms. The monoisotopic (exact) mass is 212 g/mol. The summed E-state index contributed by atoms with van der Waals surface area (Å²) in [4.78, 5) is 5.06. The van der Waals surface area contributed by atoms with Gasteiger partial charge in [0.25, 0.3) is 0 Å². The van der Waals surface area contributed by atoms with Crippen molar-refractivity contribution in [2.75, 3.05) is 33.3 Å². The van der Waals surface area contributed by atoms with E-state index in [0.29, 0.717) is 12.5 Å². The third kappa shape index (κ3) is 2.52. The fourth-order valence-electron chi connectivity index (χ4n) is 2.94. The van der Waals surface area contributed by atoms with Crippen molar-refractivity contribution in [3.63, 3.8) is 0 Å². The van der Waals surface area contributed by atoms with Gasteiger partial charge in [-0.1, -0.05) is 0 Å². The summed E-state index contributed by atoms with van der Waals surface area (Å²) in [5, 5.41) is 9.14. The second-order valence-electron chi connectivity index (χ2n) is 5.34. The van der Waals surface area contributed by atoms with Crippen LogP contribution in [-0.2, 0) is 0 Å². The summed E-state index contributed by atoms with van der Waals surface area (Å²) < 4.78 is 0. The van der Waals surface area contributed by atoms with Crippen molar-refractivity contribution in [2.24, 2.45) is 5.92 Å². The van der Waals surface area contributed by atoms with Gasteiger partial charge in [0.2, 0.25) is 0 Å². The van der Waals surface area contributed by atoms with Crippen LogP contribution in [0.3, 0.4) is 0 Å². The highest BCUT2D eigenvalue weighted by molar-refractivity contribution is 4.87. The highest BCUT2D eigenvalue weighted by Crippen LogP contribution is 2.26. The Labute approximate surface area is 93.1 Å². The van der Waals surface area contributed by atoms with Crippen molar-refractivity contribution in [1.82, 2.24) is 9.80 Å². The van der Waals surface area contributed by atoms with Crippen molar-refractivity contribution in [2.45, 2.75) is 38.3 Å². The lowest BCUT2D eigenvalue weighted by molar-refractivity contribution is 0.0983. The van der Waals surface area contributed by atoms with E-state index in [1.807, 2.05) is 0 Å². The Balaban J connectivity index is 1.84. The molecule has 0 aromatic rings. The summed E-state index contributed by atoms with van der Waals surface area (Å²) in [6.07, 6.45) is 3.80. The molecular weight excluding hydrogens is 188 g/mol. The number of nitrogens with zero attached hydrogens (tertiary/aromatic N) is 2. The number of hydrogen-bond donors (Lipinski definition) is 1. The molecule has 0 saturated carbocycles. The number of hydrogen-bond acceptors (Lipinski definition) is 3. The number of aliphatic hydroxyl groups is 1. The molecule has 0 spiro atoms. The van der Waals surface area contributed by atoms with Gasteiger partial charge in [-0.25, -0.2) is 0 Å². The number of aliphatic hydroxyl groups excluding tert-OH is 1. The van der Waals surface area contributed by atoms with Crippen LogP contribution in [0.5, 0.6) is 0 Å². The average Bonchev–Trinajstić information content (AvgIpc) is 2.70. The SMILES string of the molecule is CC1CC(N2CCC(CO)C2)CCN1C. The Morgan fingerprint density at radius 1 is 1.27 bits per heavy atom. The minimum absolute atomic E-state index is 0.374. The van der Waals surface area contributed by atoms with Gasteiger partial charge >= 0.3 is 0 Å². The van der Waals surface area contributed by atoms with E-state index in [1.165, 1.54) is 32.4 Å². The third-order valence-electron chi connectivity index (χ3n) is 4.27. The van der Waals surface area contributed by atoms with E-state index >= 15 is 0 Å². The Hall–Kier alpha value is -0.120. The van der Waals surface area contributed by atoms with E-state index in [2.05, 4.69) is 23.8 Å². The minimum atomic E-state index is 0.374. The molecule has 3 atom stereocenters. The smallest absolute Gasteiger partial charge is 0.0471 e. The molecule has 0 aromatic carbocycles. The first kappa shape index (κ1) is 11.4. The predicted molar refractivity (Wildman–Crippen MR) is 61.9 cm³/mol. The third-order valence-corrected chi connectivity index (χ3v) is 4.27. The van der Waals surface area contributed by atoms with Crippen molar-refractivity contribution >= 4 is 0 Å². The largest absolute Gasteiger partial charge is 0.396 e. The summed E-state index contributed by atoms with van der Waals surface area (Å²) in [6, 6.07) is 1.49. The van der Waals surface area contributed by atoms with Gasteiger partial charge in [-0.2, -0.15) is 0 Å². The molecule has 3 heteroatoms. The Morgan fingerprint density at radius 3 is 2.67 bits per heavy atom. The summed E-state index contributed by atoms with van der Waals surface area (Å²) in [5.74, 6) is 0.542. The zero-order chi connectivity index (χ0) is 10.8. The lowest BCUT2D eigenvalue weighted by atomic mass is 9.98. The minimum Gasteiger partial charge on any atom is -0.396 e.